The highest BCUT2D eigenvalue weighted by atomic mass is 16.5. The number of hydrogen-bond donors (Lipinski definition) is 3. The zero-order valence-corrected chi connectivity index (χ0v) is 16.3. The Kier molecular flexibility index (Phi) is 4.98. The van der Waals surface area contributed by atoms with E-state index in [2.05, 4.69) is 10.2 Å². The van der Waals surface area contributed by atoms with Gasteiger partial charge in [0.15, 0.2) is 0 Å². The summed E-state index contributed by atoms with van der Waals surface area (Å²) in [5.41, 5.74) is 3.98. The third-order valence-corrected chi connectivity index (χ3v) is 5.20. The van der Waals surface area contributed by atoms with Crippen molar-refractivity contribution >= 4 is 5.91 Å². The molecular weight excluding hydrogens is 370 g/mol. The van der Waals surface area contributed by atoms with Gasteiger partial charge in [-0.3, -0.25) is 9.89 Å². The number of benzene rings is 2. The second kappa shape index (κ2) is 7.60. The zero-order chi connectivity index (χ0) is 20.5. The maximum atomic E-state index is 13.1. The molecule has 7 heteroatoms. The lowest BCUT2D eigenvalue weighted by Crippen LogP contribution is -2.31. The molecule has 0 saturated heterocycles. The molecule has 1 aliphatic rings. The van der Waals surface area contributed by atoms with E-state index in [1.165, 1.54) is 0 Å². The summed E-state index contributed by atoms with van der Waals surface area (Å²) in [6.45, 7) is 2.97. The van der Waals surface area contributed by atoms with Crippen LogP contribution in [-0.2, 0) is 4.74 Å². The molecule has 29 heavy (non-hydrogen) atoms. The van der Waals surface area contributed by atoms with Gasteiger partial charge in [-0.05, 0) is 43.2 Å². The van der Waals surface area contributed by atoms with Crippen molar-refractivity contribution in [2.45, 2.75) is 19.4 Å². The first-order valence-corrected chi connectivity index (χ1v) is 9.48. The topological polar surface area (TPSA) is 98.7 Å². The van der Waals surface area contributed by atoms with E-state index in [1.807, 2.05) is 25.1 Å². The van der Waals surface area contributed by atoms with Gasteiger partial charge in [0, 0.05) is 31.4 Å². The fourth-order valence-corrected chi connectivity index (χ4v) is 3.89. The molecule has 150 valence electrons. The number of ether oxygens (including phenoxy) is 1. The predicted octanol–water partition coefficient (Wildman–Crippen LogP) is 3.38. The maximum absolute atomic E-state index is 13.1. The number of rotatable bonds is 6. The molecule has 0 fully saturated rings. The maximum Gasteiger partial charge on any atom is 0.273 e. The quantitative estimate of drug-likeness (QED) is 0.558. The molecular formula is C22H23N3O4. The molecule has 4 rings (SSSR count). The number of nitrogens with zero attached hydrogens (tertiary/aromatic N) is 2. The van der Waals surface area contributed by atoms with E-state index in [0.29, 0.717) is 42.1 Å². The number of nitrogens with one attached hydrogen (secondary N) is 1. The zero-order valence-electron chi connectivity index (χ0n) is 16.3. The van der Waals surface area contributed by atoms with E-state index in [1.54, 1.807) is 36.3 Å². The number of aromatic nitrogens is 2. The Labute approximate surface area is 168 Å². The van der Waals surface area contributed by atoms with Crippen molar-refractivity contribution < 1.29 is 19.7 Å². The molecule has 0 aliphatic carbocycles. The Balaban J connectivity index is 1.86. The number of phenolic OH excluding ortho intramolecular Hbond substituents is 2. The van der Waals surface area contributed by atoms with Crippen LogP contribution < -0.4 is 0 Å². The predicted molar refractivity (Wildman–Crippen MR) is 108 cm³/mol. The van der Waals surface area contributed by atoms with Crippen LogP contribution in [0.4, 0.5) is 0 Å². The Morgan fingerprint density at radius 2 is 2.03 bits per heavy atom. The summed E-state index contributed by atoms with van der Waals surface area (Å²) in [5.74, 6) is 0.0730. The first-order valence-electron chi connectivity index (χ1n) is 9.48. The average Bonchev–Trinajstić information content (AvgIpc) is 3.23. The van der Waals surface area contributed by atoms with Crippen molar-refractivity contribution in [2.24, 2.45) is 0 Å². The number of aromatic amines is 1. The number of carbonyl (C=O) groups excluding carboxylic acids is 1. The molecule has 2 aromatic carbocycles. The number of aromatic hydroxyl groups is 2. The van der Waals surface area contributed by atoms with Crippen molar-refractivity contribution in [1.82, 2.24) is 15.1 Å². The molecule has 1 atom stereocenters. The van der Waals surface area contributed by atoms with Gasteiger partial charge in [0.1, 0.15) is 22.9 Å². The summed E-state index contributed by atoms with van der Waals surface area (Å²) >= 11 is 0. The number of phenols is 2. The van der Waals surface area contributed by atoms with Gasteiger partial charge >= 0.3 is 0 Å². The Morgan fingerprint density at radius 1 is 1.21 bits per heavy atom. The van der Waals surface area contributed by atoms with Crippen LogP contribution in [0, 0.1) is 6.92 Å². The Hall–Kier alpha value is -3.32. The van der Waals surface area contributed by atoms with Gasteiger partial charge in [0.25, 0.3) is 5.91 Å². The van der Waals surface area contributed by atoms with E-state index in [4.69, 9.17) is 4.74 Å². The lowest BCUT2D eigenvalue weighted by atomic mass is 9.95. The van der Waals surface area contributed by atoms with Crippen molar-refractivity contribution in [2.75, 3.05) is 20.3 Å². The summed E-state index contributed by atoms with van der Waals surface area (Å²) in [6, 6.07) is 11.8. The van der Waals surface area contributed by atoms with E-state index in [-0.39, 0.29) is 17.4 Å². The summed E-state index contributed by atoms with van der Waals surface area (Å²) < 4.78 is 5.15. The van der Waals surface area contributed by atoms with Gasteiger partial charge in [-0.25, -0.2) is 0 Å². The summed E-state index contributed by atoms with van der Waals surface area (Å²) in [4.78, 5) is 14.9. The SMILES string of the molecule is COCCCN1C(=O)c2[nH]nc(-c3cc(C)ccc3O)c2C1c1cccc(O)c1. The van der Waals surface area contributed by atoms with Crippen LogP contribution in [0.5, 0.6) is 11.5 Å². The second-order valence-electron chi connectivity index (χ2n) is 7.22. The molecule has 0 bridgehead atoms. The monoisotopic (exact) mass is 393 g/mol. The first-order chi connectivity index (χ1) is 14.0. The van der Waals surface area contributed by atoms with Crippen LogP contribution in [-0.4, -0.2) is 51.5 Å². The highest BCUT2D eigenvalue weighted by molar-refractivity contribution is 6.00. The largest absolute Gasteiger partial charge is 0.508 e. The molecule has 1 unspecified atom stereocenters. The molecule has 1 amide bonds. The van der Waals surface area contributed by atoms with E-state index in [0.717, 1.165) is 11.1 Å². The molecule has 7 nitrogen and oxygen atoms in total. The standard InChI is InChI=1S/C22H23N3O4/c1-13-7-8-17(27)16(11-13)19-18-20(24-23-19)22(28)25(9-4-10-29-2)21(18)14-5-3-6-15(26)12-14/h3,5-8,11-12,21,26-27H,4,9-10H2,1-2H3,(H,23,24). The van der Waals surface area contributed by atoms with Crippen LogP contribution in [0.1, 0.15) is 39.6 Å². The normalized spacial score (nSPS) is 15.7. The fraction of sp³-hybridized carbons (Fsp3) is 0.273. The van der Waals surface area contributed by atoms with Crippen LogP contribution >= 0.6 is 0 Å². The third-order valence-electron chi connectivity index (χ3n) is 5.20. The van der Waals surface area contributed by atoms with Gasteiger partial charge in [-0.2, -0.15) is 5.10 Å². The van der Waals surface area contributed by atoms with Crippen molar-refractivity contribution in [3.63, 3.8) is 0 Å². The number of methoxy groups -OCH3 is 1. The molecule has 0 spiro atoms. The molecule has 2 heterocycles. The summed E-state index contributed by atoms with van der Waals surface area (Å²) in [7, 11) is 1.63. The van der Waals surface area contributed by atoms with Crippen molar-refractivity contribution in [3.05, 3.63) is 64.8 Å². The minimum absolute atomic E-state index is 0.102. The van der Waals surface area contributed by atoms with Gasteiger partial charge in [0.2, 0.25) is 0 Å². The number of amides is 1. The summed E-state index contributed by atoms with van der Waals surface area (Å²) in [6.07, 6.45) is 0.681. The second-order valence-corrected chi connectivity index (χ2v) is 7.22. The molecule has 3 aromatic rings. The molecule has 0 radical (unpaired) electrons. The minimum Gasteiger partial charge on any atom is -0.508 e. The lowest BCUT2D eigenvalue weighted by Gasteiger charge is -2.26. The van der Waals surface area contributed by atoms with Crippen molar-refractivity contribution in [1.29, 1.82) is 0 Å². The third kappa shape index (κ3) is 3.34. The molecule has 3 N–H and O–H groups in total. The highest BCUT2D eigenvalue weighted by Crippen LogP contribution is 2.45. The van der Waals surface area contributed by atoms with Crippen molar-refractivity contribution in [3.8, 4) is 22.8 Å². The Morgan fingerprint density at radius 3 is 2.79 bits per heavy atom. The smallest absolute Gasteiger partial charge is 0.273 e. The van der Waals surface area contributed by atoms with Crippen LogP contribution in [0.2, 0.25) is 0 Å². The van der Waals surface area contributed by atoms with Crippen LogP contribution in [0.3, 0.4) is 0 Å². The first kappa shape index (κ1) is 19.0. The van der Waals surface area contributed by atoms with Crippen LogP contribution in [0.15, 0.2) is 42.5 Å². The van der Waals surface area contributed by atoms with E-state index >= 15 is 0 Å². The number of carbonyl (C=O) groups is 1. The van der Waals surface area contributed by atoms with Gasteiger partial charge in [-0.1, -0.05) is 23.8 Å². The van der Waals surface area contributed by atoms with E-state index < -0.39 is 6.04 Å². The van der Waals surface area contributed by atoms with Crippen LogP contribution in [0.25, 0.3) is 11.3 Å². The number of hydrogen-bond acceptors (Lipinski definition) is 5. The molecule has 0 saturated carbocycles. The van der Waals surface area contributed by atoms with Gasteiger partial charge in [-0.15, -0.1) is 0 Å². The highest BCUT2D eigenvalue weighted by Gasteiger charge is 2.42. The van der Waals surface area contributed by atoms with E-state index in [9.17, 15) is 15.0 Å². The van der Waals surface area contributed by atoms with Gasteiger partial charge < -0.3 is 19.8 Å². The average molecular weight is 393 g/mol. The number of fused-ring (bicyclic) bond motifs is 1. The summed E-state index contributed by atoms with van der Waals surface area (Å²) in [5, 5.41) is 27.7. The fourth-order valence-electron chi connectivity index (χ4n) is 3.89. The molecule has 1 aliphatic heterocycles. The van der Waals surface area contributed by atoms with Gasteiger partial charge in [0.05, 0.1) is 6.04 Å². The Bertz CT molecular complexity index is 1060. The number of aryl methyl sites for hydroxylation is 1. The minimum atomic E-state index is -0.421. The lowest BCUT2D eigenvalue weighted by molar-refractivity contribution is 0.0723. The molecule has 1 aromatic heterocycles. The number of H-pyrrole nitrogens is 1.